The molecule has 0 N–H and O–H groups in total. The van der Waals surface area contributed by atoms with E-state index in [0.717, 1.165) is 0 Å². The van der Waals surface area contributed by atoms with E-state index in [1.807, 2.05) is 0 Å². The molecule has 62 valence electrons. The average Bonchev–Trinajstić information content (AvgIpc) is 1.60. The summed E-state index contributed by atoms with van der Waals surface area (Å²) in [6.07, 6.45) is -6.12. The summed E-state index contributed by atoms with van der Waals surface area (Å²) in [6, 6.07) is 0. The van der Waals surface area contributed by atoms with Crippen molar-refractivity contribution in [3.63, 3.8) is 0 Å². The van der Waals surface area contributed by atoms with Crippen molar-refractivity contribution in [2.45, 2.75) is 17.7 Å². The minimum atomic E-state index is -4.53. The van der Waals surface area contributed by atoms with Crippen LogP contribution in [0.15, 0.2) is 0 Å². The monoisotopic (exact) mass is 290 g/mol. The highest BCUT2D eigenvalue weighted by Gasteiger charge is 2.40. The maximum absolute atomic E-state index is 12.4. The van der Waals surface area contributed by atoms with Crippen LogP contribution in [0.25, 0.3) is 0 Å². The lowest BCUT2D eigenvalue weighted by Gasteiger charge is -2.15. The normalized spacial score (nSPS) is 18.6. The lowest BCUT2D eigenvalue weighted by molar-refractivity contribution is -0.148. The van der Waals surface area contributed by atoms with Crippen LogP contribution >= 0.6 is 34.2 Å². The first-order valence-electron chi connectivity index (χ1n) is 2.27. The fourth-order valence-corrected chi connectivity index (χ4v) is 0.762. The minimum Gasteiger partial charge on any atom is -0.225 e. The van der Waals surface area contributed by atoms with E-state index in [2.05, 4.69) is 0 Å². The number of hydrogen-bond donors (Lipinski definition) is 0. The van der Waals surface area contributed by atoms with Gasteiger partial charge in [0, 0.05) is 4.43 Å². The second-order valence-corrected chi connectivity index (χ2v) is 3.22. The molecule has 0 heterocycles. The van der Waals surface area contributed by atoms with Gasteiger partial charge in [-0.1, -0.05) is 34.2 Å². The van der Waals surface area contributed by atoms with Gasteiger partial charge in [-0.2, -0.15) is 13.2 Å². The van der Waals surface area contributed by atoms with Crippen LogP contribution in [-0.2, 0) is 0 Å². The van der Waals surface area contributed by atoms with E-state index in [9.17, 15) is 17.6 Å². The van der Waals surface area contributed by atoms with Crippen LogP contribution < -0.4 is 0 Å². The van der Waals surface area contributed by atoms with E-state index < -0.39 is 17.7 Å². The van der Waals surface area contributed by atoms with Crippen LogP contribution in [0, 0.1) is 0 Å². The van der Waals surface area contributed by atoms with E-state index in [0.29, 0.717) is 0 Å². The second-order valence-electron chi connectivity index (χ2n) is 1.78. The molecule has 0 saturated carbocycles. The highest BCUT2D eigenvalue weighted by Crippen LogP contribution is 2.34. The van der Waals surface area contributed by atoms with Crippen molar-refractivity contribution >= 4 is 34.2 Å². The number of rotatable bonds is 2. The first-order chi connectivity index (χ1) is 4.27. The fourth-order valence-electron chi connectivity index (χ4n) is 0.341. The number of alkyl halides is 6. The standard InChI is InChI=1S/C4H4ClF4I/c5-3(6,2-10)1-4(7,8)9/h1-2H2. The maximum atomic E-state index is 12.4. The number of hydrogen-bond acceptors (Lipinski definition) is 0. The smallest absolute Gasteiger partial charge is 0.225 e. The molecule has 0 rings (SSSR count). The highest BCUT2D eigenvalue weighted by molar-refractivity contribution is 14.1. The quantitative estimate of drug-likeness (QED) is 0.416. The molecule has 0 nitrogen and oxygen atoms in total. The third-order valence-corrected chi connectivity index (χ3v) is 2.58. The van der Waals surface area contributed by atoms with Gasteiger partial charge in [0.15, 0.2) is 0 Å². The van der Waals surface area contributed by atoms with Crippen molar-refractivity contribution in [1.82, 2.24) is 0 Å². The van der Waals surface area contributed by atoms with Gasteiger partial charge < -0.3 is 0 Å². The van der Waals surface area contributed by atoms with Crippen LogP contribution in [0.5, 0.6) is 0 Å². The molecule has 10 heavy (non-hydrogen) atoms. The summed E-state index contributed by atoms with van der Waals surface area (Å²) in [7, 11) is 0. The second kappa shape index (κ2) is 3.42. The van der Waals surface area contributed by atoms with E-state index in [4.69, 9.17) is 11.6 Å². The van der Waals surface area contributed by atoms with E-state index in [1.165, 1.54) is 22.6 Å². The largest absolute Gasteiger partial charge is 0.393 e. The zero-order chi connectivity index (χ0) is 8.41. The summed E-state index contributed by atoms with van der Waals surface area (Å²) in [4.78, 5) is 0. The molecular formula is C4H4ClF4I. The summed E-state index contributed by atoms with van der Waals surface area (Å²) in [5.41, 5.74) is 0. The summed E-state index contributed by atoms with van der Waals surface area (Å²) < 4.78 is 46.2. The molecule has 0 aromatic carbocycles. The lowest BCUT2D eigenvalue weighted by atomic mass is 10.3. The van der Waals surface area contributed by atoms with Crippen LogP contribution in [0.1, 0.15) is 6.42 Å². The molecule has 6 heteroatoms. The minimum absolute atomic E-state index is 0.369. The Kier molecular flexibility index (Phi) is 3.68. The molecule has 0 aliphatic carbocycles. The molecule has 0 saturated heterocycles. The van der Waals surface area contributed by atoms with Crippen molar-refractivity contribution in [1.29, 1.82) is 0 Å². The molecule has 0 aliphatic rings. The van der Waals surface area contributed by atoms with Crippen molar-refractivity contribution in [3.05, 3.63) is 0 Å². The molecular weight excluding hydrogens is 286 g/mol. The van der Waals surface area contributed by atoms with Gasteiger partial charge in [-0.05, 0) is 0 Å². The Labute approximate surface area is 74.1 Å². The van der Waals surface area contributed by atoms with Crippen LogP contribution in [-0.4, -0.2) is 15.7 Å². The van der Waals surface area contributed by atoms with Crippen molar-refractivity contribution in [3.8, 4) is 0 Å². The first kappa shape index (κ1) is 10.7. The highest BCUT2D eigenvalue weighted by atomic mass is 127. The third kappa shape index (κ3) is 5.52. The lowest BCUT2D eigenvalue weighted by Crippen LogP contribution is -2.25. The number of halogens is 6. The topological polar surface area (TPSA) is 0 Å². The molecule has 0 radical (unpaired) electrons. The van der Waals surface area contributed by atoms with E-state index >= 15 is 0 Å². The van der Waals surface area contributed by atoms with Crippen molar-refractivity contribution in [2.24, 2.45) is 0 Å². The van der Waals surface area contributed by atoms with Gasteiger partial charge in [0.05, 0.1) is 6.42 Å². The SMILES string of the molecule is FC(F)(F)CC(F)(Cl)CI. The summed E-state index contributed by atoms with van der Waals surface area (Å²) >= 11 is 6.27. The molecule has 0 aromatic heterocycles. The third-order valence-electron chi connectivity index (χ3n) is 0.655. The zero-order valence-corrected chi connectivity index (χ0v) is 7.60. The predicted octanol–water partition coefficient (Wildman–Crippen LogP) is 3.28. The Hall–Kier alpha value is 0.740. The molecule has 0 aromatic rings. The Morgan fingerprint density at radius 2 is 1.60 bits per heavy atom. The average molecular weight is 290 g/mol. The molecule has 0 aliphatic heterocycles. The molecule has 0 bridgehead atoms. The predicted molar refractivity (Wildman–Crippen MR) is 39.3 cm³/mol. The van der Waals surface area contributed by atoms with E-state index in [-0.39, 0.29) is 4.43 Å². The summed E-state index contributed by atoms with van der Waals surface area (Å²) in [5.74, 6) is 0. The van der Waals surface area contributed by atoms with E-state index in [1.54, 1.807) is 0 Å². The first-order valence-corrected chi connectivity index (χ1v) is 4.18. The molecule has 0 spiro atoms. The van der Waals surface area contributed by atoms with Crippen LogP contribution in [0.2, 0.25) is 0 Å². The fraction of sp³-hybridized carbons (Fsp3) is 1.00. The van der Waals surface area contributed by atoms with Crippen LogP contribution in [0.4, 0.5) is 17.6 Å². The Bertz CT molecular complexity index is 110. The van der Waals surface area contributed by atoms with Gasteiger partial charge in [-0.25, -0.2) is 4.39 Å². The van der Waals surface area contributed by atoms with Gasteiger partial charge in [0.25, 0.3) is 0 Å². The molecule has 1 unspecified atom stereocenters. The summed E-state index contributed by atoms with van der Waals surface area (Å²) in [6.45, 7) is 0. The zero-order valence-electron chi connectivity index (χ0n) is 4.68. The van der Waals surface area contributed by atoms with Gasteiger partial charge in [-0.15, -0.1) is 0 Å². The van der Waals surface area contributed by atoms with Gasteiger partial charge in [-0.3, -0.25) is 0 Å². The van der Waals surface area contributed by atoms with Crippen molar-refractivity contribution in [2.75, 3.05) is 4.43 Å². The molecule has 0 amide bonds. The van der Waals surface area contributed by atoms with Crippen LogP contribution in [0.3, 0.4) is 0 Å². The molecule has 1 atom stereocenters. The maximum Gasteiger partial charge on any atom is 0.393 e. The van der Waals surface area contributed by atoms with Gasteiger partial charge in [0.2, 0.25) is 5.13 Å². The molecule has 0 fully saturated rings. The Morgan fingerprint density at radius 3 is 1.70 bits per heavy atom. The summed E-state index contributed by atoms with van der Waals surface area (Å²) in [5, 5.41) is -2.64. The van der Waals surface area contributed by atoms with Gasteiger partial charge >= 0.3 is 6.18 Å². The van der Waals surface area contributed by atoms with Gasteiger partial charge in [0.1, 0.15) is 0 Å². The van der Waals surface area contributed by atoms with Crippen molar-refractivity contribution < 1.29 is 17.6 Å². The Morgan fingerprint density at radius 1 is 1.20 bits per heavy atom. The Balaban J connectivity index is 3.89.